The molecule has 0 aliphatic carbocycles. The van der Waals surface area contributed by atoms with Crippen LogP contribution in [0.3, 0.4) is 0 Å². The zero-order valence-corrected chi connectivity index (χ0v) is 11.8. The summed E-state index contributed by atoms with van der Waals surface area (Å²) >= 11 is 0. The Morgan fingerprint density at radius 3 is 2.18 bits per heavy atom. The van der Waals surface area contributed by atoms with Crippen LogP contribution in [0.4, 0.5) is 20.2 Å². The Hall–Kier alpha value is -2.75. The van der Waals surface area contributed by atoms with Crippen LogP contribution in [0.25, 0.3) is 0 Å². The van der Waals surface area contributed by atoms with Crippen molar-refractivity contribution in [1.29, 1.82) is 0 Å². The molecule has 0 bridgehead atoms. The Balaban J connectivity index is 1.71. The maximum atomic E-state index is 13.6. The fourth-order valence-electron chi connectivity index (χ4n) is 2.19. The van der Waals surface area contributed by atoms with E-state index < -0.39 is 11.6 Å². The monoisotopic (exact) mass is 296 g/mol. The van der Waals surface area contributed by atoms with Crippen molar-refractivity contribution in [2.24, 2.45) is 0 Å². The van der Waals surface area contributed by atoms with E-state index in [1.165, 1.54) is 17.7 Å². The summed E-state index contributed by atoms with van der Waals surface area (Å²) in [7, 11) is 0. The highest BCUT2D eigenvalue weighted by atomic mass is 19.1. The summed E-state index contributed by atoms with van der Waals surface area (Å²) in [6, 6.07) is 15.1. The molecule has 0 aliphatic heterocycles. The van der Waals surface area contributed by atoms with Gasteiger partial charge in [0.05, 0.1) is 5.69 Å². The predicted octanol–water partition coefficient (Wildman–Crippen LogP) is 4.69. The van der Waals surface area contributed by atoms with Crippen LogP contribution in [0.5, 0.6) is 0 Å². The first-order valence-corrected chi connectivity index (χ1v) is 6.90. The van der Waals surface area contributed by atoms with E-state index in [1.54, 1.807) is 12.4 Å². The van der Waals surface area contributed by atoms with Gasteiger partial charge >= 0.3 is 0 Å². The third-order valence-electron chi connectivity index (χ3n) is 3.32. The summed E-state index contributed by atoms with van der Waals surface area (Å²) in [4.78, 5) is 3.99. The van der Waals surface area contributed by atoms with Gasteiger partial charge in [0.2, 0.25) is 0 Å². The molecule has 110 valence electrons. The molecule has 0 fully saturated rings. The number of nitrogens with zero attached hydrogens (tertiary/aromatic N) is 1. The smallest absolute Gasteiger partial charge is 0.149 e. The third kappa shape index (κ3) is 3.47. The van der Waals surface area contributed by atoms with Gasteiger partial charge in [-0.3, -0.25) is 4.98 Å². The first-order valence-electron chi connectivity index (χ1n) is 6.90. The van der Waals surface area contributed by atoms with Gasteiger partial charge in [-0.15, -0.1) is 0 Å². The van der Waals surface area contributed by atoms with E-state index in [-0.39, 0.29) is 5.69 Å². The summed E-state index contributed by atoms with van der Waals surface area (Å²) in [5, 5.41) is 2.94. The number of pyridine rings is 1. The number of hydrogen-bond donors (Lipinski definition) is 1. The fraction of sp³-hybridized carbons (Fsp3) is 0.0556. The van der Waals surface area contributed by atoms with E-state index in [2.05, 4.69) is 10.3 Å². The van der Waals surface area contributed by atoms with Crippen molar-refractivity contribution < 1.29 is 8.78 Å². The highest BCUT2D eigenvalue weighted by molar-refractivity contribution is 5.60. The molecular formula is C18H14F2N2. The Kier molecular flexibility index (Phi) is 4.10. The minimum Gasteiger partial charge on any atom is -0.353 e. The SMILES string of the molecule is Fc1ccc(Nc2ccc(Cc3ccncc3)cc2)c(F)c1. The molecular weight excluding hydrogens is 282 g/mol. The van der Waals surface area contributed by atoms with Crippen molar-refractivity contribution >= 4 is 11.4 Å². The van der Waals surface area contributed by atoms with Gasteiger partial charge in [-0.25, -0.2) is 8.78 Å². The average Bonchev–Trinajstić information content (AvgIpc) is 2.53. The van der Waals surface area contributed by atoms with Crippen LogP contribution in [0.1, 0.15) is 11.1 Å². The molecule has 0 spiro atoms. The quantitative estimate of drug-likeness (QED) is 0.755. The highest BCUT2D eigenvalue weighted by Gasteiger charge is 2.04. The lowest BCUT2D eigenvalue weighted by atomic mass is 10.1. The molecule has 3 aromatic rings. The second-order valence-electron chi connectivity index (χ2n) is 4.98. The second kappa shape index (κ2) is 6.35. The van der Waals surface area contributed by atoms with Crippen molar-refractivity contribution in [3.05, 3.63) is 89.8 Å². The van der Waals surface area contributed by atoms with Gasteiger partial charge in [0.1, 0.15) is 11.6 Å². The zero-order chi connectivity index (χ0) is 15.4. The van der Waals surface area contributed by atoms with E-state index in [4.69, 9.17) is 0 Å². The molecule has 22 heavy (non-hydrogen) atoms. The zero-order valence-electron chi connectivity index (χ0n) is 11.8. The van der Waals surface area contributed by atoms with Gasteiger partial charge in [-0.05, 0) is 53.9 Å². The molecule has 0 radical (unpaired) electrons. The average molecular weight is 296 g/mol. The fourth-order valence-corrected chi connectivity index (χ4v) is 2.19. The third-order valence-corrected chi connectivity index (χ3v) is 3.32. The summed E-state index contributed by atoms with van der Waals surface area (Å²) in [6.07, 6.45) is 4.35. The molecule has 2 aromatic carbocycles. The minimum atomic E-state index is -0.610. The number of rotatable bonds is 4. The molecule has 0 aliphatic rings. The van der Waals surface area contributed by atoms with Crippen molar-refractivity contribution in [1.82, 2.24) is 4.98 Å². The predicted molar refractivity (Wildman–Crippen MR) is 83.1 cm³/mol. The van der Waals surface area contributed by atoms with Crippen LogP contribution < -0.4 is 5.32 Å². The first kappa shape index (κ1) is 14.2. The second-order valence-corrected chi connectivity index (χ2v) is 4.98. The van der Waals surface area contributed by atoms with Crippen molar-refractivity contribution in [2.75, 3.05) is 5.32 Å². The number of halogens is 2. The number of aromatic nitrogens is 1. The van der Waals surface area contributed by atoms with Gasteiger partial charge in [0.25, 0.3) is 0 Å². The normalized spacial score (nSPS) is 10.5. The van der Waals surface area contributed by atoms with E-state index in [0.717, 1.165) is 23.7 Å². The molecule has 3 rings (SSSR count). The van der Waals surface area contributed by atoms with E-state index in [1.807, 2.05) is 36.4 Å². The Morgan fingerprint density at radius 2 is 1.50 bits per heavy atom. The maximum Gasteiger partial charge on any atom is 0.149 e. The van der Waals surface area contributed by atoms with Crippen molar-refractivity contribution in [3.63, 3.8) is 0 Å². The maximum absolute atomic E-state index is 13.6. The van der Waals surface area contributed by atoms with E-state index in [9.17, 15) is 8.78 Å². The van der Waals surface area contributed by atoms with Crippen LogP contribution in [0, 0.1) is 11.6 Å². The number of hydrogen-bond acceptors (Lipinski definition) is 2. The summed E-state index contributed by atoms with van der Waals surface area (Å²) in [6.45, 7) is 0. The van der Waals surface area contributed by atoms with Crippen molar-refractivity contribution in [2.45, 2.75) is 6.42 Å². The Morgan fingerprint density at radius 1 is 0.818 bits per heavy atom. The Labute approximate surface area is 127 Å². The van der Waals surface area contributed by atoms with Gasteiger partial charge < -0.3 is 5.32 Å². The number of anilines is 2. The minimum absolute atomic E-state index is 0.253. The molecule has 0 unspecified atom stereocenters. The highest BCUT2D eigenvalue weighted by Crippen LogP contribution is 2.21. The van der Waals surface area contributed by atoms with Gasteiger partial charge in [0.15, 0.2) is 0 Å². The Bertz CT molecular complexity index is 756. The lowest BCUT2D eigenvalue weighted by Gasteiger charge is -2.09. The molecule has 0 saturated heterocycles. The van der Waals surface area contributed by atoms with Crippen LogP contribution in [0.15, 0.2) is 67.0 Å². The molecule has 2 nitrogen and oxygen atoms in total. The lowest BCUT2D eigenvalue weighted by molar-refractivity contribution is 0.586. The molecule has 4 heteroatoms. The van der Waals surface area contributed by atoms with E-state index in [0.29, 0.717) is 0 Å². The summed E-state index contributed by atoms with van der Waals surface area (Å²) < 4.78 is 26.5. The molecule has 1 heterocycles. The molecule has 1 N–H and O–H groups in total. The molecule has 0 amide bonds. The first-order chi connectivity index (χ1) is 10.7. The van der Waals surface area contributed by atoms with Gasteiger partial charge in [-0.2, -0.15) is 0 Å². The largest absolute Gasteiger partial charge is 0.353 e. The van der Waals surface area contributed by atoms with Crippen LogP contribution in [0.2, 0.25) is 0 Å². The topological polar surface area (TPSA) is 24.9 Å². The number of nitrogens with one attached hydrogen (secondary N) is 1. The van der Waals surface area contributed by atoms with Gasteiger partial charge in [0, 0.05) is 24.1 Å². The number of benzene rings is 2. The molecule has 0 saturated carbocycles. The van der Waals surface area contributed by atoms with Crippen LogP contribution in [-0.2, 0) is 6.42 Å². The lowest BCUT2D eigenvalue weighted by Crippen LogP contribution is -1.95. The van der Waals surface area contributed by atoms with Crippen LogP contribution in [-0.4, -0.2) is 4.98 Å². The molecule has 1 aromatic heterocycles. The molecule has 0 atom stereocenters. The summed E-state index contributed by atoms with van der Waals surface area (Å²) in [5.41, 5.74) is 3.34. The van der Waals surface area contributed by atoms with Crippen LogP contribution >= 0.6 is 0 Å². The van der Waals surface area contributed by atoms with Crippen molar-refractivity contribution in [3.8, 4) is 0 Å². The van der Waals surface area contributed by atoms with Gasteiger partial charge in [-0.1, -0.05) is 12.1 Å². The van der Waals surface area contributed by atoms with E-state index >= 15 is 0 Å². The standard InChI is InChI=1S/C18H14F2N2/c19-15-3-6-18(17(20)12-15)22-16-4-1-13(2-5-16)11-14-7-9-21-10-8-14/h1-10,12,22H,11H2. The summed E-state index contributed by atoms with van der Waals surface area (Å²) in [5.74, 6) is -1.20.